The van der Waals surface area contributed by atoms with E-state index < -0.39 is 12.6 Å². The normalized spacial score (nSPS) is 14.9. The molecule has 244 valence electrons. The van der Waals surface area contributed by atoms with Crippen LogP contribution in [-0.2, 0) is 4.79 Å². The lowest BCUT2D eigenvalue weighted by molar-refractivity contribution is -0.117. The van der Waals surface area contributed by atoms with Gasteiger partial charge < -0.3 is 25.0 Å². The number of nitrogens with zero attached hydrogens (tertiary/aromatic N) is 3. The number of rotatable bonds is 9. The Labute approximate surface area is 278 Å². The number of alkyl halides is 2. The number of anilines is 6. The quantitative estimate of drug-likeness (QED) is 0.0733. The molecule has 4 N–H and O–H groups in total. The van der Waals surface area contributed by atoms with Crippen LogP contribution in [0.25, 0.3) is 11.3 Å². The fourth-order valence-corrected chi connectivity index (χ4v) is 6.56. The van der Waals surface area contributed by atoms with Gasteiger partial charge in [-0.05, 0) is 90.5 Å². The predicted octanol–water partition coefficient (Wildman–Crippen LogP) is 10.4. The largest absolute Gasteiger partial charge is 0.461 e. The van der Waals surface area contributed by atoms with Gasteiger partial charge in [-0.15, -0.1) is 0 Å². The SMILES string of the molecule is CC.CC.CC.CSN(O)c1cc(-c2cc(C)c(C)o2)ccc1Nc1cc(NC(=O)C2CC2)nc2c1NC(C(F)F)N2PI. The molecule has 3 aromatic rings. The molecule has 9 nitrogen and oxygen atoms in total. The fraction of sp³-hybridized carbons (Fsp3) is 0.467. The molecule has 0 bridgehead atoms. The average molecular weight is 765 g/mol. The molecule has 2 unspecified atom stereocenters. The molecule has 0 saturated heterocycles. The van der Waals surface area contributed by atoms with Crippen molar-refractivity contribution in [1.29, 1.82) is 0 Å². The third kappa shape index (κ3) is 8.88. The van der Waals surface area contributed by atoms with Crippen LogP contribution in [0.1, 0.15) is 65.7 Å². The zero-order valence-electron chi connectivity index (χ0n) is 26.7. The average Bonchev–Trinajstić information content (AvgIpc) is 3.76. The molecule has 1 aromatic carbocycles. The molecule has 0 spiro atoms. The smallest absolute Gasteiger partial charge is 0.277 e. The second kappa shape index (κ2) is 18.0. The van der Waals surface area contributed by atoms with Gasteiger partial charge in [-0.2, -0.15) is 4.47 Å². The molecule has 14 heteroatoms. The summed E-state index contributed by atoms with van der Waals surface area (Å²) in [7, 11) is 0. The Hall–Kier alpha value is -2.35. The van der Waals surface area contributed by atoms with Gasteiger partial charge in [0.2, 0.25) is 5.91 Å². The zero-order valence-corrected chi connectivity index (χ0v) is 30.7. The summed E-state index contributed by atoms with van der Waals surface area (Å²) >= 11 is 3.14. The number of carbonyl (C=O) groups is 1. The van der Waals surface area contributed by atoms with Crippen LogP contribution in [0, 0.1) is 19.8 Å². The number of hydrogen-bond donors (Lipinski definition) is 4. The van der Waals surface area contributed by atoms with Crippen molar-refractivity contribution in [2.24, 2.45) is 5.92 Å². The van der Waals surface area contributed by atoms with E-state index >= 15 is 0 Å². The van der Waals surface area contributed by atoms with Crippen molar-refractivity contribution in [3.05, 3.63) is 41.7 Å². The Balaban J connectivity index is 0.00000106. The lowest BCUT2D eigenvalue weighted by atomic mass is 10.1. The van der Waals surface area contributed by atoms with E-state index in [0.29, 0.717) is 34.3 Å². The maximum Gasteiger partial charge on any atom is 0.277 e. The van der Waals surface area contributed by atoms with Crippen LogP contribution in [0.5, 0.6) is 0 Å². The number of benzene rings is 1. The number of amides is 1. The Morgan fingerprint density at radius 1 is 1.16 bits per heavy atom. The molecule has 3 heterocycles. The number of furan rings is 1. The van der Waals surface area contributed by atoms with Crippen molar-refractivity contribution in [1.82, 2.24) is 4.98 Å². The minimum Gasteiger partial charge on any atom is -0.461 e. The molecule has 2 atom stereocenters. The van der Waals surface area contributed by atoms with Gasteiger partial charge in [0.25, 0.3) is 6.43 Å². The van der Waals surface area contributed by atoms with Crippen LogP contribution < -0.4 is 25.1 Å². The maximum atomic E-state index is 13.9. The molecular weight excluding hydrogens is 720 g/mol. The second-order valence-corrected chi connectivity index (χ2v) is 11.9. The highest BCUT2D eigenvalue weighted by molar-refractivity contribution is 14.2. The number of aryl methyl sites for hydroxylation is 2. The molecule has 1 saturated carbocycles. The fourth-order valence-electron chi connectivity index (χ4n) is 4.10. The van der Waals surface area contributed by atoms with Crippen molar-refractivity contribution >= 4 is 80.7 Å². The number of halogens is 3. The second-order valence-electron chi connectivity index (χ2n) is 9.06. The Morgan fingerprint density at radius 2 is 1.82 bits per heavy atom. The summed E-state index contributed by atoms with van der Waals surface area (Å²) in [5.74, 6) is 1.88. The van der Waals surface area contributed by atoms with E-state index in [0.717, 1.165) is 46.1 Å². The molecule has 1 amide bonds. The molecule has 5 rings (SSSR count). The molecule has 2 aliphatic rings. The highest BCUT2D eigenvalue weighted by Gasteiger charge is 2.38. The Morgan fingerprint density at radius 3 is 2.34 bits per heavy atom. The van der Waals surface area contributed by atoms with E-state index in [1.54, 1.807) is 24.5 Å². The lowest BCUT2D eigenvalue weighted by Gasteiger charge is -2.22. The first-order valence-corrected chi connectivity index (χ1v) is 20.0. The van der Waals surface area contributed by atoms with E-state index in [9.17, 15) is 18.8 Å². The van der Waals surface area contributed by atoms with Gasteiger partial charge in [-0.1, -0.05) is 41.5 Å². The molecule has 0 radical (unpaired) electrons. The van der Waals surface area contributed by atoms with Crippen LogP contribution in [0.3, 0.4) is 0 Å². The van der Waals surface area contributed by atoms with Gasteiger partial charge in [0, 0.05) is 30.2 Å². The van der Waals surface area contributed by atoms with Crippen LogP contribution in [0.15, 0.2) is 34.7 Å². The summed E-state index contributed by atoms with van der Waals surface area (Å²) in [6, 6.07) is 8.96. The van der Waals surface area contributed by atoms with Gasteiger partial charge >= 0.3 is 0 Å². The van der Waals surface area contributed by atoms with Crippen molar-refractivity contribution in [2.45, 2.75) is 80.8 Å². The predicted molar refractivity (Wildman–Crippen MR) is 193 cm³/mol. The van der Waals surface area contributed by atoms with Gasteiger partial charge in [0.05, 0.1) is 11.4 Å². The topological polar surface area (TPSA) is 106 Å². The third-order valence-corrected chi connectivity index (χ3v) is 9.20. The first kappa shape index (κ1) is 37.8. The molecule has 44 heavy (non-hydrogen) atoms. The highest BCUT2D eigenvalue weighted by atomic mass is 127. The minimum atomic E-state index is -2.66. The molecule has 1 aliphatic heterocycles. The van der Waals surface area contributed by atoms with E-state index in [1.807, 2.05) is 89.6 Å². The Kier molecular flexibility index (Phi) is 15.4. The van der Waals surface area contributed by atoms with Crippen LogP contribution >= 0.6 is 40.4 Å². The van der Waals surface area contributed by atoms with Gasteiger partial charge in [-0.3, -0.25) is 10.0 Å². The monoisotopic (exact) mass is 764 g/mol. The van der Waals surface area contributed by atoms with Gasteiger partial charge in [-0.25, -0.2) is 13.8 Å². The van der Waals surface area contributed by atoms with E-state index in [4.69, 9.17) is 4.42 Å². The first-order chi connectivity index (χ1) is 21.2. The Bertz CT molecular complexity index is 1360. The summed E-state index contributed by atoms with van der Waals surface area (Å²) in [6.45, 7) is 15.8. The number of pyridine rings is 1. The lowest BCUT2D eigenvalue weighted by Crippen LogP contribution is -2.35. The van der Waals surface area contributed by atoms with E-state index in [-0.39, 0.29) is 24.0 Å². The van der Waals surface area contributed by atoms with E-state index in [1.165, 1.54) is 4.67 Å². The molecular formula is C30H44F2IN6O3PS. The summed E-state index contributed by atoms with van der Waals surface area (Å²) in [5, 5.41) is 19.7. The zero-order chi connectivity index (χ0) is 33.1. The number of carbonyl (C=O) groups excluding carboxylic acids is 1. The number of aromatic nitrogens is 1. The van der Waals surface area contributed by atoms with Crippen molar-refractivity contribution in [3.63, 3.8) is 0 Å². The third-order valence-electron chi connectivity index (χ3n) is 6.42. The molecule has 2 aromatic heterocycles. The molecule has 1 aliphatic carbocycles. The molecule has 1 fully saturated rings. The highest BCUT2D eigenvalue weighted by Crippen LogP contribution is 2.50. The number of hydrogen-bond acceptors (Lipinski definition) is 9. The maximum absolute atomic E-state index is 13.9. The van der Waals surface area contributed by atoms with Crippen molar-refractivity contribution in [3.8, 4) is 11.3 Å². The summed E-state index contributed by atoms with van der Waals surface area (Å²) in [4.78, 5) is 17.0. The van der Waals surface area contributed by atoms with Gasteiger partial charge in [0.15, 0.2) is 12.0 Å². The number of nitrogens with one attached hydrogen (secondary N) is 3. The van der Waals surface area contributed by atoms with Crippen molar-refractivity contribution in [2.75, 3.05) is 31.3 Å². The standard InChI is InChI=1S/C24H26F2IN6O3PS.3C2H6/c1-11-8-18(36-12(11)2)14-6-7-15(17(9-14)33(35)38-3)28-16-10-19(30-24(34)13-4-5-13)29-22-20(16)31-23(21(25)26)32(22)37-27;3*1-2/h6-10,13,21,23,31,35,37H,4-5H2,1-3H3,(H2,28,29,30,34);3*1-2H3. The summed E-state index contributed by atoms with van der Waals surface area (Å²) in [5.41, 5.74) is 3.57. The summed E-state index contributed by atoms with van der Waals surface area (Å²) in [6.07, 6.45) is -0.560. The van der Waals surface area contributed by atoms with Gasteiger partial charge in [0.1, 0.15) is 28.7 Å². The van der Waals surface area contributed by atoms with Crippen LogP contribution in [0.4, 0.5) is 43.2 Å². The van der Waals surface area contributed by atoms with E-state index in [2.05, 4.69) is 20.9 Å². The summed E-state index contributed by atoms with van der Waals surface area (Å²) < 4.78 is 36.2. The van der Waals surface area contributed by atoms with Crippen molar-refractivity contribution < 1.29 is 23.2 Å². The first-order valence-electron chi connectivity index (χ1n) is 14.8. The van der Waals surface area contributed by atoms with Crippen LogP contribution in [0.2, 0.25) is 0 Å². The minimum absolute atomic E-state index is 0.0117. The number of fused-ring (bicyclic) bond motifs is 1. The van der Waals surface area contributed by atoms with Crippen LogP contribution in [-0.4, -0.2) is 34.9 Å².